The highest BCUT2D eigenvalue weighted by Crippen LogP contribution is 2.48. The van der Waals surface area contributed by atoms with Crippen LogP contribution < -0.4 is 0 Å². The summed E-state index contributed by atoms with van der Waals surface area (Å²) in [7, 11) is 0. The Balaban J connectivity index is 1.05. The fourth-order valence-corrected chi connectivity index (χ4v) is 9.40. The van der Waals surface area contributed by atoms with Crippen molar-refractivity contribution in [2.45, 2.75) is 51.4 Å². The van der Waals surface area contributed by atoms with Crippen molar-refractivity contribution in [1.29, 1.82) is 0 Å². The van der Waals surface area contributed by atoms with Crippen molar-refractivity contribution in [2.75, 3.05) is 0 Å². The monoisotopic (exact) mass is 749 g/mol. The van der Waals surface area contributed by atoms with Gasteiger partial charge in [0.25, 0.3) is 0 Å². The maximum atomic E-state index is 5.18. The predicted molar refractivity (Wildman–Crippen MR) is 240 cm³/mol. The van der Waals surface area contributed by atoms with Crippen LogP contribution in [0.2, 0.25) is 0 Å². The van der Waals surface area contributed by atoms with Crippen LogP contribution in [0.25, 0.3) is 89.2 Å². The Morgan fingerprint density at radius 3 is 1.40 bits per heavy atom. The van der Waals surface area contributed by atoms with Crippen LogP contribution in [0, 0.1) is 0 Å². The van der Waals surface area contributed by atoms with Gasteiger partial charge in [-0.3, -0.25) is 0 Å². The van der Waals surface area contributed by atoms with Crippen molar-refractivity contribution in [3.05, 3.63) is 175 Å². The number of benzene rings is 7. The molecule has 58 heavy (non-hydrogen) atoms. The van der Waals surface area contributed by atoms with E-state index in [1.54, 1.807) is 0 Å². The molecule has 0 saturated heterocycles. The van der Waals surface area contributed by atoms with Gasteiger partial charge in [-0.1, -0.05) is 125 Å². The van der Waals surface area contributed by atoms with E-state index in [1.807, 2.05) is 18.2 Å². The molecule has 5 nitrogen and oxygen atoms in total. The van der Waals surface area contributed by atoms with E-state index in [-0.39, 0.29) is 10.8 Å². The molecular weight excluding hydrogens is 707 g/mol. The molecule has 0 fully saturated rings. The smallest absolute Gasteiger partial charge is 0.164 e. The molecule has 0 unspecified atom stereocenters. The van der Waals surface area contributed by atoms with Gasteiger partial charge >= 0.3 is 0 Å². The number of fused-ring (bicyclic) bond motifs is 7. The van der Waals surface area contributed by atoms with Crippen molar-refractivity contribution in [3.63, 3.8) is 0 Å². The third kappa shape index (κ3) is 5.41. The normalized spacial score (nSPS) is 14.7. The van der Waals surface area contributed by atoms with E-state index in [0.29, 0.717) is 17.5 Å². The molecule has 280 valence electrons. The second-order valence-electron chi connectivity index (χ2n) is 17.2. The highest BCUT2D eigenvalue weighted by atomic mass is 15.0. The Kier molecular flexibility index (Phi) is 7.61. The summed E-state index contributed by atoms with van der Waals surface area (Å²) >= 11 is 0. The largest absolute Gasteiger partial charge is 0.309 e. The maximum Gasteiger partial charge on any atom is 0.164 e. The van der Waals surface area contributed by atoms with Gasteiger partial charge in [0.05, 0.1) is 22.1 Å². The lowest BCUT2D eigenvalue weighted by Gasteiger charge is -2.42. The third-order valence-corrected chi connectivity index (χ3v) is 12.6. The summed E-state index contributed by atoms with van der Waals surface area (Å²) < 4.78 is 4.76. The van der Waals surface area contributed by atoms with Crippen LogP contribution in [0.1, 0.15) is 51.7 Å². The number of para-hydroxylation sites is 3. The van der Waals surface area contributed by atoms with Crippen LogP contribution in [0.5, 0.6) is 0 Å². The fourth-order valence-electron chi connectivity index (χ4n) is 9.40. The molecule has 0 aliphatic heterocycles. The molecule has 5 heteroatoms. The van der Waals surface area contributed by atoms with Crippen LogP contribution in [0.3, 0.4) is 0 Å². The Labute approximate surface area is 338 Å². The highest BCUT2D eigenvalue weighted by Gasteiger charge is 2.38. The molecule has 3 heterocycles. The molecule has 0 amide bonds. The number of hydrogen-bond donors (Lipinski definition) is 0. The lowest BCUT2D eigenvalue weighted by Crippen LogP contribution is -2.33. The first-order valence-electron chi connectivity index (χ1n) is 20.3. The van der Waals surface area contributed by atoms with Gasteiger partial charge in [0, 0.05) is 49.6 Å². The summed E-state index contributed by atoms with van der Waals surface area (Å²) in [5, 5.41) is 5.05. The Hall–Kier alpha value is -6.85. The standard InChI is InChI=1S/C53H43N5/c1-52(2)29-30-53(3,4)44-33-48-42(32-43(44)52)41-21-10-13-24-47(41)57(48)37-27-25-35(26-28-37)50-54-49(34-15-6-5-7-16-34)55-51(56-50)36-17-14-18-38(31-36)58-45-22-11-8-19-39(45)40-20-9-12-23-46(40)58/h5-28,31-33H,29-30H2,1-4H3. The summed E-state index contributed by atoms with van der Waals surface area (Å²) in [6.45, 7) is 9.62. The quantitative estimate of drug-likeness (QED) is 0.176. The summed E-state index contributed by atoms with van der Waals surface area (Å²) in [4.78, 5) is 15.4. The third-order valence-electron chi connectivity index (χ3n) is 12.6. The van der Waals surface area contributed by atoms with E-state index in [4.69, 9.17) is 15.0 Å². The minimum absolute atomic E-state index is 0.111. The lowest BCUT2D eigenvalue weighted by atomic mass is 9.63. The molecule has 7 aromatic carbocycles. The lowest BCUT2D eigenvalue weighted by molar-refractivity contribution is 0.332. The van der Waals surface area contributed by atoms with Crippen molar-refractivity contribution in [1.82, 2.24) is 24.1 Å². The maximum absolute atomic E-state index is 5.18. The molecule has 3 aromatic heterocycles. The van der Waals surface area contributed by atoms with E-state index in [2.05, 4.69) is 182 Å². The Morgan fingerprint density at radius 2 is 0.810 bits per heavy atom. The number of rotatable bonds is 5. The first kappa shape index (κ1) is 34.4. The molecule has 0 N–H and O–H groups in total. The van der Waals surface area contributed by atoms with E-state index in [9.17, 15) is 0 Å². The average molecular weight is 750 g/mol. The van der Waals surface area contributed by atoms with Crippen LogP contribution in [-0.2, 0) is 10.8 Å². The first-order chi connectivity index (χ1) is 28.2. The van der Waals surface area contributed by atoms with Crippen LogP contribution in [0.4, 0.5) is 0 Å². The molecule has 0 spiro atoms. The van der Waals surface area contributed by atoms with Gasteiger partial charge < -0.3 is 9.13 Å². The molecule has 0 radical (unpaired) electrons. The molecule has 11 rings (SSSR count). The second kappa shape index (κ2) is 12.8. The minimum Gasteiger partial charge on any atom is -0.309 e. The van der Waals surface area contributed by atoms with Gasteiger partial charge in [-0.15, -0.1) is 0 Å². The number of nitrogens with zero attached hydrogens (tertiary/aromatic N) is 5. The van der Waals surface area contributed by atoms with Gasteiger partial charge in [0.15, 0.2) is 17.5 Å². The van der Waals surface area contributed by atoms with E-state index < -0.39 is 0 Å². The van der Waals surface area contributed by atoms with Crippen molar-refractivity contribution < 1.29 is 0 Å². The van der Waals surface area contributed by atoms with E-state index in [0.717, 1.165) is 39.1 Å². The zero-order chi connectivity index (χ0) is 39.2. The fraction of sp³-hybridized carbons (Fsp3) is 0.151. The van der Waals surface area contributed by atoms with Crippen molar-refractivity contribution in [3.8, 4) is 45.5 Å². The summed E-state index contributed by atoms with van der Waals surface area (Å²) in [5.74, 6) is 1.91. The molecule has 0 atom stereocenters. The topological polar surface area (TPSA) is 48.5 Å². The zero-order valence-electron chi connectivity index (χ0n) is 33.2. The summed E-state index contributed by atoms with van der Waals surface area (Å²) in [5.41, 5.74) is 13.0. The van der Waals surface area contributed by atoms with Gasteiger partial charge in [0.2, 0.25) is 0 Å². The molecule has 1 aliphatic rings. The first-order valence-corrected chi connectivity index (χ1v) is 20.3. The molecular formula is C53H43N5. The zero-order valence-corrected chi connectivity index (χ0v) is 33.2. The van der Waals surface area contributed by atoms with Crippen LogP contribution >= 0.6 is 0 Å². The minimum atomic E-state index is 0.111. The van der Waals surface area contributed by atoms with Gasteiger partial charge in [-0.05, 0) is 102 Å². The summed E-state index contributed by atoms with van der Waals surface area (Å²) in [6.07, 6.45) is 2.37. The number of hydrogen-bond acceptors (Lipinski definition) is 3. The van der Waals surface area contributed by atoms with Crippen molar-refractivity contribution in [2.24, 2.45) is 0 Å². The van der Waals surface area contributed by atoms with Gasteiger partial charge in [-0.25, -0.2) is 15.0 Å². The van der Waals surface area contributed by atoms with E-state index in [1.165, 1.54) is 56.5 Å². The predicted octanol–water partition coefficient (Wildman–Crippen LogP) is 13.4. The molecule has 1 aliphatic carbocycles. The SMILES string of the molecule is CC1(C)CCC(C)(C)c2cc3c(cc21)c1ccccc1n3-c1ccc(-c2nc(-c3ccccc3)nc(-c3cccc(-n4c5ccccc5c5ccccc54)c3)n2)cc1. The van der Waals surface area contributed by atoms with Crippen LogP contribution in [0.15, 0.2) is 164 Å². The Morgan fingerprint density at radius 1 is 0.362 bits per heavy atom. The average Bonchev–Trinajstić information content (AvgIpc) is 3.78. The van der Waals surface area contributed by atoms with Crippen LogP contribution in [-0.4, -0.2) is 24.1 Å². The Bertz CT molecular complexity index is 3170. The van der Waals surface area contributed by atoms with Crippen molar-refractivity contribution >= 4 is 43.6 Å². The van der Waals surface area contributed by atoms with E-state index >= 15 is 0 Å². The second-order valence-corrected chi connectivity index (χ2v) is 17.2. The molecule has 10 aromatic rings. The highest BCUT2D eigenvalue weighted by molar-refractivity contribution is 6.10. The summed E-state index contributed by atoms with van der Waals surface area (Å²) in [6, 6.07) is 58.5. The number of aromatic nitrogens is 5. The van der Waals surface area contributed by atoms with Gasteiger partial charge in [0.1, 0.15) is 0 Å². The van der Waals surface area contributed by atoms with Gasteiger partial charge in [-0.2, -0.15) is 0 Å². The molecule has 0 bridgehead atoms. The molecule has 0 saturated carbocycles.